The van der Waals surface area contributed by atoms with Crippen LogP contribution in [0.25, 0.3) is 0 Å². The molecule has 24 heavy (non-hydrogen) atoms. The monoisotopic (exact) mass is 338 g/mol. The van der Waals surface area contributed by atoms with Crippen molar-refractivity contribution in [1.82, 2.24) is 4.98 Å². The second-order valence-corrected chi connectivity index (χ2v) is 5.91. The SMILES string of the molecule is CCCO[C@](C)(CCC)C(=O)Nc1ccc(OCCOC)nc1C. The van der Waals surface area contributed by atoms with Crippen molar-refractivity contribution in [2.24, 2.45) is 0 Å². The van der Waals surface area contributed by atoms with Gasteiger partial charge in [0.2, 0.25) is 5.88 Å². The minimum Gasteiger partial charge on any atom is -0.475 e. The van der Waals surface area contributed by atoms with Crippen molar-refractivity contribution in [2.75, 3.05) is 32.2 Å². The highest BCUT2D eigenvalue weighted by molar-refractivity contribution is 5.97. The zero-order valence-electron chi connectivity index (χ0n) is 15.5. The maximum atomic E-state index is 12.7. The number of methoxy groups -OCH3 is 1. The van der Waals surface area contributed by atoms with E-state index in [2.05, 4.69) is 10.3 Å². The lowest BCUT2D eigenvalue weighted by Gasteiger charge is -2.28. The fourth-order valence-electron chi connectivity index (χ4n) is 2.29. The Morgan fingerprint density at radius 3 is 2.54 bits per heavy atom. The molecule has 0 aliphatic carbocycles. The second kappa shape index (κ2) is 10.3. The average Bonchev–Trinajstić information content (AvgIpc) is 2.55. The molecule has 0 saturated heterocycles. The van der Waals surface area contributed by atoms with Gasteiger partial charge in [-0.3, -0.25) is 4.79 Å². The fourth-order valence-corrected chi connectivity index (χ4v) is 2.29. The third-order valence-corrected chi connectivity index (χ3v) is 3.68. The summed E-state index contributed by atoms with van der Waals surface area (Å²) in [5, 5.41) is 2.93. The summed E-state index contributed by atoms with van der Waals surface area (Å²) < 4.78 is 16.2. The van der Waals surface area contributed by atoms with E-state index in [0.29, 0.717) is 43.5 Å². The van der Waals surface area contributed by atoms with Crippen molar-refractivity contribution in [3.63, 3.8) is 0 Å². The molecule has 1 rings (SSSR count). The molecular weight excluding hydrogens is 308 g/mol. The molecule has 0 aromatic carbocycles. The van der Waals surface area contributed by atoms with Crippen LogP contribution < -0.4 is 10.1 Å². The number of aromatic nitrogens is 1. The smallest absolute Gasteiger partial charge is 0.256 e. The molecule has 0 fully saturated rings. The molecule has 0 spiro atoms. The number of carbonyl (C=O) groups is 1. The number of pyridine rings is 1. The number of rotatable bonds is 11. The first-order chi connectivity index (χ1) is 11.5. The minimum atomic E-state index is -0.829. The van der Waals surface area contributed by atoms with Crippen LogP contribution in [-0.4, -0.2) is 43.4 Å². The number of anilines is 1. The van der Waals surface area contributed by atoms with Gasteiger partial charge >= 0.3 is 0 Å². The van der Waals surface area contributed by atoms with Crippen LogP contribution in [0.1, 0.15) is 45.7 Å². The number of amides is 1. The van der Waals surface area contributed by atoms with Gasteiger partial charge in [-0.25, -0.2) is 4.98 Å². The molecule has 1 N–H and O–H groups in total. The van der Waals surface area contributed by atoms with Crippen molar-refractivity contribution in [1.29, 1.82) is 0 Å². The summed E-state index contributed by atoms with van der Waals surface area (Å²) in [6, 6.07) is 3.54. The average molecular weight is 338 g/mol. The Morgan fingerprint density at radius 1 is 1.21 bits per heavy atom. The van der Waals surface area contributed by atoms with Crippen molar-refractivity contribution in [3.8, 4) is 5.88 Å². The van der Waals surface area contributed by atoms with Crippen molar-refractivity contribution in [2.45, 2.75) is 52.6 Å². The van der Waals surface area contributed by atoms with Crippen LogP contribution in [0.4, 0.5) is 5.69 Å². The van der Waals surface area contributed by atoms with Gasteiger partial charge in [-0.05, 0) is 32.8 Å². The van der Waals surface area contributed by atoms with Crippen LogP contribution in [0.15, 0.2) is 12.1 Å². The molecule has 6 nitrogen and oxygen atoms in total. The van der Waals surface area contributed by atoms with Gasteiger partial charge in [-0.1, -0.05) is 20.3 Å². The zero-order valence-corrected chi connectivity index (χ0v) is 15.5. The third kappa shape index (κ3) is 6.09. The second-order valence-electron chi connectivity index (χ2n) is 5.91. The summed E-state index contributed by atoms with van der Waals surface area (Å²) in [6.45, 7) is 9.25. The maximum Gasteiger partial charge on any atom is 0.256 e. The molecule has 1 aromatic rings. The first kappa shape index (κ1) is 20.4. The lowest BCUT2D eigenvalue weighted by molar-refractivity contribution is -0.140. The predicted octanol–water partition coefficient (Wildman–Crippen LogP) is 3.34. The van der Waals surface area contributed by atoms with Crippen LogP contribution in [0.3, 0.4) is 0 Å². The van der Waals surface area contributed by atoms with Crippen molar-refractivity contribution < 1.29 is 19.0 Å². The van der Waals surface area contributed by atoms with Crippen LogP contribution in [0.5, 0.6) is 5.88 Å². The minimum absolute atomic E-state index is 0.143. The van der Waals surface area contributed by atoms with Gasteiger partial charge in [0.05, 0.1) is 18.0 Å². The quantitative estimate of drug-likeness (QED) is 0.627. The van der Waals surface area contributed by atoms with E-state index in [-0.39, 0.29) is 5.91 Å². The molecule has 0 saturated carbocycles. The van der Waals surface area contributed by atoms with Crippen molar-refractivity contribution >= 4 is 11.6 Å². The summed E-state index contributed by atoms with van der Waals surface area (Å²) >= 11 is 0. The maximum absolute atomic E-state index is 12.7. The number of hydrogen-bond acceptors (Lipinski definition) is 5. The molecule has 0 aliphatic heterocycles. The lowest BCUT2D eigenvalue weighted by Crippen LogP contribution is -2.43. The fraction of sp³-hybridized carbons (Fsp3) is 0.667. The number of nitrogens with zero attached hydrogens (tertiary/aromatic N) is 1. The van der Waals surface area contributed by atoms with E-state index < -0.39 is 5.60 Å². The van der Waals surface area contributed by atoms with E-state index in [1.165, 1.54) is 0 Å². The molecular formula is C18H30N2O4. The Labute approximate surface area is 144 Å². The van der Waals surface area contributed by atoms with Gasteiger partial charge in [0, 0.05) is 19.8 Å². The highest BCUT2D eigenvalue weighted by Crippen LogP contribution is 2.23. The molecule has 1 aromatic heterocycles. The normalized spacial score (nSPS) is 13.4. The third-order valence-electron chi connectivity index (χ3n) is 3.68. The van der Waals surface area contributed by atoms with Gasteiger partial charge in [-0.15, -0.1) is 0 Å². The van der Waals surface area contributed by atoms with Gasteiger partial charge in [-0.2, -0.15) is 0 Å². The highest BCUT2D eigenvalue weighted by atomic mass is 16.5. The Kier molecular flexibility index (Phi) is 8.71. The Balaban J connectivity index is 2.77. The van der Waals surface area contributed by atoms with Crippen LogP contribution in [-0.2, 0) is 14.3 Å². The van der Waals surface area contributed by atoms with E-state index in [1.54, 1.807) is 19.2 Å². The molecule has 6 heteroatoms. The number of hydrogen-bond donors (Lipinski definition) is 1. The van der Waals surface area contributed by atoms with Gasteiger partial charge in [0.1, 0.15) is 12.2 Å². The molecule has 1 heterocycles. The topological polar surface area (TPSA) is 69.7 Å². The molecule has 1 atom stereocenters. The van der Waals surface area contributed by atoms with E-state index in [9.17, 15) is 4.79 Å². The van der Waals surface area contributed by atoms with Crippen LogP contribution in [0, 0.1) is 6.92 Å². The van der Waals surface area contributed by atoms with Crippen molar-refractivity contribution in [3.05, 3.63) is 17.8 Å². The van der Waals surface area contributed by atoms with E-state index in [0.717, 1.165) is 12.8 Å². The zero-order chi connectivity index (χ0) is 18.0. The summed E-state index contributed by atoms with van der Waals surface area (Å²) in [6.07, 6.45) is 2.42. The summed E-state index contributed by atoms with van der Waals surface area (Å²) in [7, 11) is 1.62. The molecule has 136 valence electrons. The highest BCUT2D eigenvalue weighted by Gasteiger charge is 2.33. The van der Waals surface area contributed by atoms with E-state index in [4.69, 9.17) is 14.2 Å². The first-order valence-corrected chi connectivity index (χ1v) is 8.51. The van der Waals surface area contributed by atoms with Gasteiger partial charge in [0.25, 0.3) is 5.91 Å². The standard InChI is InChI=1S/C18H30N2O4/c1-6-10-18(4,24-11-7-2)17(21)20-15-8-9-16(19-14(15)3)23-13-12-22-5/h8-9H,6-7,10-13H2,1-5H3,(H,20,21)/t18-/m1/s1. The molecule has 1 amide bonds. The van der Waals surface area contributed by atoms with Crippen LogP contribution >= 0.6 is 0 Å². The lowest BCUT2D eigenvalue weighted by atomic mass is 9.99. The summed E-state index contributed by atoms with van der Waals surface area (Å²) in [5.41, 5.74) is 0.541. The number of nitrogens with one attached hydrogen (secondary N) is 1. The van der Waals surface area contributed by atoms with Crippen LogP contribution in [0.2, 0.25) is 0 Å². The Morgan fingerprint density at radius 2 is 1.96 bits per heavy atom. The van der Waals surface area contributed by atoms with E-state index >= 15 is 0 Å². The number of aryl methyl sites for hydroxylation is 1. The molecule has 0 bridgehead atoms. The molecule has 0 unspecified atom stereocenters. The van der Waals surface area contributed by atoms with E-state index in [1.807, 2.05) is 27.7 Å². The molecule has 0 aliphatic rings. The predicted molar refractivity (Wildman–Crippen MR) is 94.5 cm³/mol. The first-order valence-electron chi connectivity index (χ1n) is 8.51. The summed E-state index contributed by atoms with van der Waals surface area (Å²) in [4.78, 5) is 17.0. The Hall–Kier alpha value is -1.66. The summed E-state index contributed by atoms with van der Waals surface area (Å²) in [5.74, 6) is 0.372. The van der Waals surface area contributed by atoms with Gasteiger partial charge in [0.15, 0.2) is 0 Å². The number of ether oxygens (including phenoxy) is 3. The Bertz CT molecular complexity index is 522. The molecule has 0 radical (unpaired) electrons. The number of carbonyl (C=O) groups excluding carboxylic acids is 1. The van der Waals surface area contributed by atoms with Gasteiger partial charge < -0.3 is 19.5 Å². The largest absolute Gasteiger partial charge is 0.475 e.